The van der Waals surface area contributed by atoms with E-state index in [9.17, 15) is 19.8 Å². The maximum atomic E-state index is 10.7. The number of rotatable bonds is 6. The van der Waals surface area contributed by atoms with Crippen molar-refractivity contribution in [3.63, 3.8) is 0 Å². The second kappa shape index (κ2) is 12.0. The Morgan fingerprint density at radius 3 is 1.64 bits per heavy atom. The fraction of sp³-hybridized carbons (Fsp3) is 0.231. The molecule has 108 valence electrons. The predicted molar refractivity (Wildman–Crippen MR) is 64.1 cm³/mol. The van der Waals surface area contributed by atoms with E-state index in [1.165, 1.54) is 33.5 Å². The van der Waals surface area contributed by atoms with Crippen molar-refractivity contribution in [2.45, 2.75) is 0 Å². The summed E-state index contributed by atoms with van der Waals surface area (Å²) in [7, 11) is 4.15. The average molecular weight is 358 g/mol. The van der Waals surface area contributed by atoms with Crippen molar-refractivity contribution in [3.8, 4) is 17.2 Å². The van der Waals surface area contributed by atoms with E-state index in [0.29, 0.717) is 5.75 Å². The Bertz CT molecular complexity index is 554. The molecule has 0 N–H and O–H groups in total. The molecule has 0 aromatic heterocycles. The maximum absolute atomic E-state index is 10.7. The minimum atomic E-state index is -1.86. The van der Waals surface area contributed by atoms with E-state index in [4.69, 9.17) is 14.2 Å². The molecule has 0 fully saturated rings. The molecule has 0 aliphatic heterocycles. The van der Waals surface area contributed by atoms with E-state index in [1.807, 2.05) is 0 Å². The summed E-state index contributed by atoms with van der Waals surface area (Å²) in [6.45, 7) is 0. The second-order valence-corrected chi connectivity index (χ2v) is 3.58. The van der Waals surface area contributed by atoms with E-state index in [0.717, 1.165) is 6.08 Å². The molecule has 0 saturated carbocycles. The Kier molecular flexibility index (Phi) is 13.5. The zero-order valence-electron chi connectivity index (χ0n) is 13.1. The van der Waals surface area contributed by atoms with Crippen molar-refractivity contribution < 1.29 is 137 Å². The molecule has 0 bridgehead atoms. The Hall–Kier alpha value is 0.573. The normalized spacial score (nSPS) is 8.68. The molecule has 0 atom stereocenters. The van der Waals surface area contributed by atoms with Crippen molar-refractivity contribution in [1.29, 1.82) is 0 Å². The minimum Gasteiger partial charge on any atom is -0.545 e. The van der Waals surface area contributed by atoms with Gasteiger partial charge in [0.1, 0.15) is 5.75 Å². The first-order chi connectivity index (χ1) is 9.44. The van der Waals surface area contributed by atoms with Crippen LogP contribution in [0.5, 0.6) is 17.2 Å². The van der Waals surface area contributed by atoms with E-state index < -0.39 is 17.5 Å². The Balaban J connectivity index is 0. The van der Waals surface area contributed by atoms with Gasteiger partial charge < -0.3 is 34.0 Å². The van der Waals surface area contributed by atoms with Gasteiger partial charge in [0, 0.05) is 17.2 Å². The molecule has 0 aliphatic carbocycles. The van der Waals surface area contributed by atoms with Crippen LogP contribution in [0.3, 0.4) is 0 Å². The third-order valence-corrected chi connectivity index (χ3v) is 2.48. The van der Waals surface area contributed by atoms with Crippen molar-refractivity contribution in [2.24, 2.45) is 0 Å². The monoisotopic (exact) mass is 358 g/mol. The third-order valence-electron chi connectivity index (χ3n) is 2.48. The molecule has 1 rings (SSSR count). The summed E-state index contributed by atoms with van der Waals surface area (Å²) in [5.74, 6) is -2.87. The molecular weight excluding hydrogens is 346 g/mol. The van der Waals surface area contributed by atoms with E-state index >= 15 is 0 Å². The van der Waals surface area contributed by atoms with Gasteiger partial charge >= 0.3 is 103 Å². The molecule has 7 nitrogen and oxygen atoms in total. The van der Waals surface area contributed by atoms with Crippen LogP contribution in [-0.2, 0) is 9.59 Å². The first-order valence-electron chi connectivity index (χ1n) is 5.39. The van der Waals surface area contributed by atoms with Gasteiger partial charge in [-0.05, 0) is 12.1 Å². The molecule has 9 heteroatoms. The predicted octanol–water partition coefficient (Wildman–Crippen LogP) is -7.40. The quantitative estimate of drug-likeness (QED) is 0.215. The van der Waals surface area contributed by atoms with Crippen LogP contribution < -0.4 is 127 Å². The summed E-state index contributed by atoms with van der Waals surface area (Å²) >= 11 is 0. The molecule has 0 spiro atoms. The van der Waals surface area contributed by atoms with E-state index in [1.54, 1.807) is 0 Å². The van der Waals surface area contributed by atoms with Gasteiger partial charge in [0.15, 0.2) is 11.5 Å². The van der Waals surface area contributed by atoms with Gasteiger partial charge in [-0.15, -0.1) is 0 Å². The van der Waals surface area contributed by atoms with Crippen LogP contribution in [0, 0.1) is 0 Å². The molecule has 0 radical (unpaired) electrons. The van der Waals surface area contributed by atoms with Crippen molar-refractivity contribution in [1.82, 2.24) is 0 Å². The second-order valence-electron chi connectivity index (χ2n) is 3.58. The topological polar surface area (TPSA) is 108 Å². The van der Waals surface area contributed by atoms with Crippen molar-refractivity contribution in [2.75, 3.05) is 21.3 Å². The number of benzene rings is 1. The number of carboxylic acid groups (broad SMARTS) is 2. The average Bonchev–Trinajstić information content (AvgIpc) is 2.42. The fourth-order valence-electron chi connectivity index (χ4n) is 1.52. The number of hydrogen-bond acceptors (Lipinski definition) is 7. The third kappa shape index (κ3) is 6.59. The molecule has 0 saturated heterocycles. The minimum absolute atomic E-state index is 0. The Labute approximate surface area is 212 Å². The number of ether oxygens (including phenoxy) is 3. The number of carbonyl (C=O) groups excluding carboxylic acids is 2. The number of carboxylic acids is 2. The van der Waals surface area contributed by atoms with Crippen LogP contribution in [0.25, 0.3) is 6.08 Å². The molecule has 0 aliphatic rings. The summed E-state index contributed by atoms with van der Waals surface area (Å²) in [4.78, 5) is 21.5. The van der Waals surface area contributed by atoms with Gasteiger partial charge in [-0.3, -0.25) is 0 Å². The fourth-order valence-corrected chi connectivity index (χ4v) is 1.52. The summed E-state index contributed by atoms with van der Waals surface area (Å²) in [6, 6.07) is 2.82. The SMILES string of the molecule is COc1cc(OC)c(OC)cc1C=C(C(=O)[O-])C(=O)[O-].[K+].[K+]. The standard InChI is InChI=1S/C13H14O7.2K/c1-18-9-6-11(20-3)10(19-2)5-7(9)4-8(12(14)15)13(16)17;;/h4-6H,1-3H3,(H,14,15)(H,16,17);;/q;2*+1/p-2. The number of carbonyl (C=O) groups is 2. The van der Waals surface area contributed by atoms with Gasteiger partial charge in [0.05, 0.1) is 33.3 Å². The first kappa shape index (κ1) is 24.8. The molecule has 1 aromatic carbocycles. The van der Waals surface area contributed by atoms with Gasteiger partial charge in [-0.2, -0.15) is 0 Å². The number of aliphatic carboxylic acids is 2. The molecule has 1 aromatic rings. The summed E-state index contributed by atoms with van der Waals surface area (Å²) < 4.78 is 15.1. The van der Waals surface area contributed by atoms with Gasteiger partial charge in [-0.25, -0.2) is 0 Å². The van der Waals surface area contributed by atoms with Crippen molar-refractivity contribution >= 4 is 18.0 Å². The van der Waals surface area contributed by atoms with Crippen LogP contribution in [0.15, 0.2) is 17.7 Å². The summed E-state index contributed by atoms with van der Waals surface area (Å²) in [5, 5.41) is 21.5. The van der Waals surface area contributed by atoms with Crippen LogP contribution in [0.4, 0.5) is 0 Å². The van der Waals surface area contributed by atoms with E-state index in [-0.39, 0.29) is 120 Å². The zero-order chi connectivity index (χ0) is 15.3. The molecule has 0 heterocycles. The zero-order valence-corrected chi connectivity index (χ0v) is 19.3. The molecule has 0 unspecified atom stereocenters. The molecular formula is C13H12K2O7. The van der Waals surface area contributed by atoms with Gasteiger partial charge in [-0.1, -0.05) is 0 Å². The Morgan fingerprint density at radius 1 is 0.864 bits per heavy atom. The Morgan fingerprint density at radius 2 is 1.27 bits per heavy atom. The number of methoxy groups -OCH3 is 3. The van der Waals surface area contributed by atoms with Crippen LogP contribution in [0.2, 0.25) is 0 Å². The maximum Gasteiger partial charge on any atom is 1.00 e. The van der Waals surface area contributed by atoms with Gasteiger partial charge in [0.2, 0.25) is 0 Å². The van der Waals surface area contributed by atoms with Crippen LogP contribution in [0.1, 0.15) is 5.56 Å². The van der Waals surface area contributed by atoms with Crippen molar-refractivity contribution in [3.05, 3.63) is 23.3 Å². The van der Waals surface area contributed by atoms with Crippen LogP contribution >= 0.6 is 0 Å². The summed E-state index contributed by atoms with van der Waals surface area (Å²) in [6.07, 6.45) is 0.867. The van der Waals surface area contributed by atoms with Gasteiger partial charge in [0.25, 0.3) is 0 Å². The smallest absolute Gasteiger partial charge is 0.545 e. The first-order valence-corrected chi connectivity index (χ1v) is 5.39. The molecule has 0 amide bonds. The summed E-state index contributed by atoms with van der Waals surface area (Å²) in [5.41, 5.74) is -0.830. The number of hydrogen-bond donors (Lipinski definition) is 0. The molecule has 22 heavy (non-hydrogen) atoms. The van der Waals surface area contributed by atoms with Crippen LogP contribution in [-0.4, -0.2) is 33.3 Å². The van der Waals surface area contributed by atoms with E-state index in [2.05, 4.69) is 0 Å². The largest absolute Gasteiger partial charge is 1.00 e.